The van der Waals surface area contributed by atoms with Gasteiger partial charge in [0.2, 0.25) is 0 Å². The lowest BCUT2D eigenvalue weighted by atomic mass is 10.2. The highest BCUT2D eigenvalue weighted by Gasteiger charge is 2.28. The third-order valence-corrected chi connectivity index (χ3v) is 2.45. The van der Waals surface area contributed by atoms with Crippen LogP contribution in [0.5, 0.6) is 11.5 Å². The standard InChI is InChI=1S/C13H17F2NO4/c1-9-3-4-10(11(5-9)19-2)20-6-12(18)16-7-13(14,15)8-17/h3-5,17H,6-8H2,1-2H3,(H,16,18). The summed E-state index contributed by atoms with van der Waals surface area (Å²) in [4.78, 5) is 11.4. The number of nitrogens with one attached hydrogen (secondary N) is 1. The number of ether oxygens (including phenoxy) is 2. The Hall–Kier alpha value is -1.89. The van der Waals surface area contributed by atoms with Crippen molar-refractivity contribution >= 4 is 5.91 Å². The van der Waals surface area contributed by atoms with Crippen LogP contribution in [-0.4, -0.2) is 43.8 Å². The summed E-state index contributed by atoms with van der Waals surface area (Å²) >= 11 is 0. The van der Waals surface area contributed by atoms with Crippen molar-refractivity contribution in [1.82, 2.24) is 5.32 Å². The second kappa shape index (κ2) is 7.04. The molecule has 0 radical (unpaired) electrons. The lowest BCUT2D eigenvalue weighted by molar-refractivity contribution is -0.126. The minimum atomic E-state index is -3.34. The van der Waals surface area contributed by atoms with Crippen molar-refractivity contribution in [2.24, 2.45) is 0 Å². The van der Waals surface area contributed by atoms with Crippen molar-refractivity contribution in [2.45, 2.75) is 12.8 Å². The molecule has 0 spiro atoms. The minimum Gasteiger partial charge on any atom is -0.493 e. The number of aliphatic hydroxyl groups is 1. The first kappa shape index (κ1) is 16.2. The van der Waals surface area contributed by atoms with Gasteiger partial charge in [-0.1, -0.05) is 6.07 Å². The number of carbonyl (C=O) groups is 1. The monoisotopic (exact) mass is 289 g/mol. The summed E-state index contributed by atoms with van der Waals surface area (Å²) in [6, 6.07) is 5.13. The van der Waals surface area contributed by atoms with Crippen LogP contribution < -0.4 is 14.8 Å². The maximum absolute atomic E-state index is 12.7. The van der Waals surface area contributed by atoms with Crippen LogP contribution in [0.25, 0.3) is 0 Å². The van der Waals surface area contributed by atoms with E-state index in [-0.39, 0.29) is 0 Å². The summed E-state index contributed by atoms with van der Waals surface area (Å²) < 4.78 is 35.7. The van der Waals surface area contributed by atoms with Crippen LogP contribution in [0.15, 0.2) is 18.2 Å². The van der Waals surface area contributed by atoms with Crippen LogP contribution in [0, 0.1) is 6.92 Å². The molecule has 0 aliphatic carbocycles. The fraction of sp³-hybridized carbons (Fsp3) is 0.462. The molecule has 1 aromatic carbocycles. The maximum atomic E-state index is 12.7. The molecular formula is C13H17F2NO4. The molecule has 0 aliphatic heterocycles. The van der Waals surface area contributed by atoms with E-state index in [2.05, 4.69) is 0 Å². The number of halogens is 2. The van der Waals surface area contributed by atoms with Gasteiger partial charge in [-0.15, -0.1) is 0 Å². The highest BCUT2D eigenvalue weighted by Crippen LogP contribution is 2.27. The van der Waals surface area contributed by atoms with Gasteiger partial charge in [-0.05, 0) is 24.6 Å². The fourth-order valence-corrected chi connectivity index (χ4v) is 1.37. The first-order valence-electron chi connectivity index (χ1n) is 5.91. The summed E-state index contributed by atoms with van der Waals surface area (Å²) in [5, 5.41) is 10.3. The van der Waals surface area contributed by atoms with E-state index in [0.717, 1.165) is 5.56 Å². The minimum absolute atomic E-state index is 0.349. The van der Waals surface area contributed by atoms with Gasteiger partial charge in [-0.3, -0.25) is 4.79 Å². The van der Waals surface area contributed by atoms with Crippen LogP contribution in [0.3, 0.4) is 0 Å². The topological polar surface area (TPSA) is 67.8 Å². The average Bonchev–Trinajstić information content (AvgIpc) is 2.43. The Morgan fingerprint density at radius 2 is 2.10 bits per heavy atom. The summed E-state index contributed by atoms with van der Waals surface area (Å²) in [6.07, 6.45) is 0. The Bertz CT molecular complexity index is 466. The second-order valence-corrected chi connectivity index (χ2v) is 4.23. The predicted molar refractivity (Wildman–Crippen MR) is 68.3 cm³/mol. The highest BCUT2D eigenvalue weighted by atomic mass is 19.3. The molecule has 0 heterocycles. The first-order valence-corrected chi connectivity index (χ1v) is 5.91. The zero-order valence-corrected chi connectivity index (χ0v) is 11.3. The normalized spacial score (nSPS) is 11.1. The molecule has 20 heavy (non-hydrogen) atoms. The van der Waals surface area contributed by atoms with E-state index in [1.54, 1.807) is 18.2 Å². The first-order chi connectivity index (χ1) is 9.38. The number of benzene rings is 1. The quantitative estimate of drug-likeness (QED) is 0.789. The number of hydrogen-bond donors (Lipinski definition) is 2. The van der Waals surface area contributed by atoms with Gasteiger partial charge in [-0.2, -0.15) is 0 Å². The third-order valence-electron chi connectivity index (χ3n) is 2.45. The number of rotatable bonds is 7. The Labute approximate surface area is 115 Å². The smallest absolute Gasteiger partial charge is 0.287 e. The number of methoxy groups -OCH3 is 1. The van der Waals surface area contributed by atoms with E-state index in [9.17, 15) is 13.6 Å². The zero-order valence-electron chi connectivity index (χ0n) is 11.3. The van der Waals surface area contributed by atoms with Crippen molar-refractivity contribution in [3.63, 3.8) is 0 Å². The van der Waals surface area contributed by atoms with Crippen molar-refractivity contribution in [1.29, 1.82) is 0 Å². The summed E-state index contributed by atoms with van der Waals surface area (Å²) in [5.74, 6) is -3.24. The summed E-state index contributed by atoms with van der Waals surface area (Å²) in [5.41, 5.74) is 0.959. The van der Waals surface area contributed by atoms with E-state index < -0.39 is 31.6 Å². The molecule has 1 amide bonds. The van der Waals surface area contributed by atoms with Gasteiger partial charge in [0.25, 0.3) is 11.8 Å². The van der Waals surface area contributed by atoms with Crippen LogP contribution in [0.2, 0.25) is 0 Å². The number of aryl methyl sites for hydroxylation is 1. The van der Waals surface area contributed by atoms with Crippen molar-refractivity contribution < 1.29 is 28.2 Å². The van der Waals surface area contributed by atoms with Gasteiger partial charge >= 0.3 is 0 Å². The SMILES string of the molecule is COc1cc(C)ccc1OCC(=O)NCC(F)(F)CO. The third kappa shape index (κ3) is 5.00. The molecule has 1 aromatic rings. The number of aliphatic hydroxyl groups excluding tert-OH is 1. The molecule has 0 atom stereocenters. The van der Waals surface area contributed by atoms with Gasteiger partial charge in [0, 0.05) is 0 Å². The number of hydrogen-bond acceptors (Lipinski definition) is 4. The molecule has 0 fully saturated rings. The van der Waals surface area contributed by atoms with Gasteiger partial charge in [0.05, 0.1) is 13.7 Å². The summed E-state index contributed by atoms with van der Waals surface area (Å²) in [6.45, 7) is -0.798. The largest absolute Gasteiger partial charge is 0.493 e. The maximum Gasteiger partial charge on any atom is 0.287 e. The van der Waals surface area contributed by atoms with E-state index in [4.69, 9.17) is 14.6 Å². The molecule has 5 nitrogen and oxygen atoms in total. The van der Waals surface area contributed by atoms with E-state index in [1.165, 1.54) is 7.11 Å². The lowest BCUT2D eigenvalue weighted by Gasteiger charge is -2.15. The Kier molecular flexibility index (Phi) is 5.69. The predicted octanol–water partition coefficient (Wildman–Crippen LogP) is 1.13. The molecule has 7 heteroatoms. The van der Waals surface area contributed by atoms with E-state index >= 15 is 0 Å². The van der Waals surface area contributed by atoms with Gasteiger partial charge in [-0.25, -0.2) is 8.78 Å². The van der Waals surface area contributed by atoms with Crippen LogP contribution >= 0.6 is 0 Å². The van der Waals surface area contributed by atoms with Crippen molar-refractivity contribution in [3.8, 4) is 11.5 Å². The van der Waals surface area contributed by atoms with Crippen LogP contribution in [0.1, 0.15) is 5.56 Å². The molecule has 0 bridgehead atoms. The Morgan fingerprint density at radius 3 is 2.70 bits per heavy atom. The molecular weight excluding hydrogens is 272 g/mol. The van der Waals surface area contributed by atoms with E-state index in [0.29, 0.717) is 11.5 Å². The molecule has 0 aromatic heterocycles. The average molecular weight is 289 g/mol. The van der Waals surface area contributed by atoms with E-state index in [1.807, 2.05) is 12.2 Å². The summed E-state index contributed by atoms with van der Waals surface area (Å²) in [7, 11) is 1.46. The van der Waals surface area contributed by atoms with Gasteiger partial charge in [0.15, 0.2) is 18.1 Å². The van der Waals surface area contributed by atoms with Crippen molar-refractivity contribution in [3.05, 3.63) is 23.8 Å². The second-order valence-electron chi connectivity index (χ2n) is 4.23. The number of carbonyl (C=O) groups excluding carboxylic acids is 1. The van der Waals surface area contributed by atoms with Crippen molar-refractivity contribution in [2.75, 3.05) is 26.9 Å². The van der Waals surface area contributed by atoms with Crippen LogP contribution in [-0.2, 0) is 4.79 Å². The number of alkyl halides is 2. The molecule has 112 valence electrons. The number of amides is 1. The van der Waals surface area contributed by atoms with Gasteiger partial charge in [0.1, 0.15) is 6.61 Å². The molecule has 0 saturated heterocycles. The van der Waals surface area contributed by atoms with Crippen LogP contribution in [0.4, 0.5) is 8.78 Å². The molecule has 0 aliphatic rings. The Balaban J connectivity index is 2.49. The van der Waals surface area contributed by atoms with Gasteiger partial charge < -0.3 is 19.9 Å². The molecule has 0 saturated carbocycles. The fourth-order valence-electron chi connectivity index (χ4n) is 1.37. The molecule has 2 N–H and O–H groups in total. The lowest BCUT2D eigenvalue weighted by Crippen LogP contribution is -2.40. The highest BCUT2D eigenvalue weighted by molar-refractivity contribution is 5.77. The zero-order chi connectivity index (χ0) is 15.2. The molecule has 1 rings (SSSR count). The Morgan fingerprint density at radius 1 is 1.40 bits per heavy atom. The molecule has 0 unspecified atom stereocenters.